The Hall–Kier alpha value is -1.56. The highest BCUT2D eigenvalue weighted by Gasteiger charge is 2.15. The highest BCUT2D eigenvalue weighted by molar-refractivity contribution is 5.94. The van der Waals surface area contributed by atoms with E-state index in [2.05, 4.69) is 10.3 Å². The monoisotopic (exact) mass is 272 g/mol. The minimum Gasteiger partial charge on any atom is -0.379 e. The third-order valence-corrected chi connectivity index (χ3v) is 2.40. The first-order valence-corrected chi connectivity index (χ1v) is 6.22. The van der Waals surface area contributed by atoms with Gasteiger partial charge in [0.1, 0.15) is 0 Å². The van der Waals surface area contributed by atoms with Gasteiger partial charge in [-0.1, -0.05) is 0 Å². The lowest BCUT2D eigenvalue weighted by Gasteiger charge is -2.08. The molecule has 1 aromatic rings. The maximum Gasteiger partial charge on any atom is 0.254 e. The molecule has 0 aliphatic rings. The summed E-state index contributed by atoms with van der Waals surface area (Å²) in [4.78, 5) is 14.7. The lowest BCUT2D eigenvalue weighted by atomic mass is 10.2. The van der Waals surface area contributed by atoms with Crippen molar-refractivity contribution in [3.05, 3.63) is 29.6 Å². The van der Waals surface area contributed by atoms with Crippen molar-refractivity contribution in [3.63, 3.8) is 0 Å². The Bertz CT molecular complexity index is 425. The molecule has 0 fully saturated rings. The van der Waals surface area contributed by atoms with Crippen LogP contribution < -0.4 is 5.32 Å². The maximum atomic E-state index is 13.3. The number of unbranched alkanes of at least 4 members (excludes halogenated alkanes) is 1. The van der Waals surface area contributed by atoms with Crippen LogP contribution in [0.15, 0.2) is 12.3 Å². The quantitative estimate of drug-likeness (QED) is 0.612. The molecule has 0 aliphatic heterocycles. The molecule has 0 atom stereocenters. The number of aromatic nitrogens is 1. The Balaban J connectivity index is 2.30. The molecule has 0 aromatic carbocycles. The molecule has 6 heteroatoms. The zero-order chi connectivity index (χ0) is 14.3. The predicted octanol–water partition coefficient (Wildman–Crippen LogP) is 2.29. The van der Waals surface area contributed by atoms with Crippen LogP contribution in [0.1, 0.15) is 37.0 Å². The number of nitrogens with one attached hydrogen (secondary N) is 1. The van der Waals surface area contributed by atoms with Crippen LogP contribution in [0, 0.1) is 11.8 Å². The number of nitrogens with zero attached hydrogens (tertiary/aromatic N) is 1. The molecule has 1 rings (SSSR count). The van der Waals surface area contributed by atoms with Gasteiger partial charge >= 0.3 is 0 Å². The van der Waals surface area contributed by atoms with Crippen LogP contribution in [-0.4, -0.2) is 30.1 Å². The van der Waals surface area contributed by atoms with Crippen LogP contribution in [0.25, 0.3) is 0 Å². The molecule has 0 bridgehead atoms. The standard InChI is InChI=1S/C13H18F2N2O2/c1-9(2)19-8-4-3-6-17-13(18)10-5-7-16-12(15)11(10)14/h5,7,9H,3-4,6,8H2,1-2H3,(H,17,18). The summed E-state index contributed by atoms with van der Waals surface area (Å²) in [6.07, 6.45) is 2.76. The Morgan fingerprint density at radius 2 is 2.16 bits per heavy atom. The minimum atomic E-state index is -1.27. The Morgan fingerprint density at radius 3 is 2.84 bits per heavy atom. The first-order chi connectivity index (χ1) is 9.02. The summed E-state index contributed by atoms with van der Waals surface area (Å²) >= 11 is 0. The average molecular weight is 272 g/mol. The van der Waals surface area contributed by atoms with Crippen LogP contribution in [0.5, 0.6) is 0 Å². The van der Waals surface area contributed by atoms with Crippen molar-refractivity contribution in [2.75, 3.05) is 13.2 Å². The van der Waals surface area contributed by atoms with Crippen LogP contribution in [-0.2, 0) is 4.74 Å². The van der Waals surface area contributed by atoms with E-state index in [1.165, 1.54) is 0 Å². The average Bonchev–Trinajstić information content (AvgIpc) is 2.36. The number of carbonyl (C=O) groups excluding carboxylic acids is 1. The molecule has 1 aromatic heterocycles. The number of amides is 1. The van der Waals surface area contributed by atoms with Crippen LogP contribution in [0.4, 0.5) is 8.78 Å². The van der Waals surface area contributed by atoms with Gasteiger partial charge in [-0.2, -0.15) is 4.39 Å². The highest BCUT2D eigenvalue weighted by atomic mass is 19.2. The Morgan fingerprint density at radius 1 is 1.42 bits per heavy atom. The summed E-state index contributed by atoms with van der Waals surface area (Å²) < 4.78 is 31.4. The lowest BCUT2D eigenvalue weighted by Crippen LogP contribution is -2.26. The number of ether oxygens (including phenoxy) is 1. The first-order valence-electron chi connectivity index (χ1n) is 6.22. The van der Waals surface area contributed by atoms with Crippen LogP contribution in [0.3, 0.4) is 0 Å². The number of hydrogen-bond acceptors (Lipinski definition) is 3. The van der Waals surface area contributed by atoms with Crippen molar-refractivity contribution in [3.8, 4) is 0 Å². The van der Waals surface area contributed by atoms with E-state index >= 15 is 0 Å². The summed E-state index contributed by atoms with van der Waals surface area (Å²) in [6, 6.07) is 1.15. The van der Waals surface area contributed by atoms with Gasteiger partial charge in [0, 0.05) is 19.3 Å². The number of carbonyl (C=O) groups is 1. The summed E-state index contributed by atoms with van der Waals surface area (Å²) in [6.45, 7) is 4.90. The van der Waals surface area contributed by atoms with Gasteiger partial charge in [-0.25, -0.2) is 9.37 Å². The molecular formula is C13H18F2N2O2. The fraction of sp³-hybridized carbons (Fsp3) is 0.538. The van der Waals surface area contributed by atoms with E-state index in [-0.39, 0.29) is 11.7 Å². The zero-order valence-corrected chi connectivity index (χ0v) is 11.1. The van der Waals surface area contributed by atoms with E-state index in [0.29, 0.717) is 19.6 Å². The summed E-state index contributed by atoms with van der Waals surface area (Å²) in [7, 11) is 0. The van der Waals surface area contributed by atoms with Crippen LogP contribution >= 0.6 is 0 Å². The van der Waals surface area contributed by atoms with E-state index in [1.807, 2.05) is 13.8 Å². The molecule has 1 N–H and O–H groups in total. The summed E-state index contributed by atoms with van der Waals surface area (Å²) in [5, 5.41) is 2.53. The molecule has 0 unspecified atom stereocenters. The topological polar surface area (TPSA) is 51.2 Å². The van der Waals surface area contributed by atoms with Crippen molar-refractivity contribution >= 4 is 5.91 Å². The van der Waals surface area contributed by atoms with Crippen molar-refractivity contribution in [1.82, 2.24) is 10.3 Å². The van der Waals surface area contributed by atoms with E-state index in [0.717, 1.165) is 18.7 Å². The third-order valence-electron chi connectivity index (χ3n) is 2.40. The number of pyridine rings is 1. The molecular weight excluding hydrogens is 254 g/mol. The predicted molar refractivity (Wildman–Crippen MR) is 66.8 cm³/mol. The maximum absolute atomic E-state index is 13.3. The van der Waals surface area contributed by atoms with E-state index < -0.39 is 17.7 Å². The molecule has 0 saturated heterocycles. The van der Waals surface area contributed by atoms with Gasteiger partial charge in [0.05, 0.1) is 11.7 Å². The van der Waals surface area contributed by atoms with Crippen molar-refractivity contribution in [1.29, 1.82) is 0 Å². The second kappa shape index (κ2) is 7.78. The summed E-state index contributed by atoms with van der Waals surface area (Å²) in [5.74, 6) is -3.12. The highest BCUT2D eigenvalue weighted by Crippen LogP contribution is 2.08. The van der Waals surface area contributed by atoms with Gasteiger partial charge in [0.15, 0.2) is 5.82 Å². The molecule has 4 nitrogen and oxygen atoms in total. The molecule has 106 valence electrons. The van der Waals surface area contributed by atoms with Gasteiger partial charge in [-0.15, -0.1) is 0 Å². The smallest absolute Gasteiger partial charge is 0.254 e. The molecule has 0 spiro atoms. The first kappa shape index (κ1) is 15.5. The van der Waals surface area contributed by atoms with E-state index in [9.17, 15) is 13.6 Å². The number of rotatable bonds is 7. The Labute approximate surface area is 111 Å². The van der Waals surface area contributed by atoms with Gasteiger partial charge < -0.3 is 10.1 Å². The second-order valence-electron chi connectivity index (χ2n) is 4.35. The summed E-state index contributed by atoms with van der Waals surface area (Å²) in [5.41, 5.74) is -0.328. The van der Waals surface area contributed by atoms with Gasteiger partial charge in [-0.3, -0.25) is 4.79 Å². The zero-order valence-electron chi connectivity index (χ0n) is 11.1. The second-order valence-corrected chi connectivity index (χ2v) is 4.35. The van der Waals surface area contributed by atoms with Crippen LogP contribution in [0.2, 0.25) is 0 Å². The number of halogens is 2. The minimum absolute atomic E-state index is 0.184. The fourth-order valence-electron chi connectivity index (χ4n) is 1.44. The van der Waals surface area contributed by atoms with E-state index in [4.69, 9.17) is 4.74 Å². The SMILES string of the molecule is CC(C)OCCCCNC(=O)c1ccnc(F)c1F. The fourth-order valence-corrected chi connectivity index (χ4v) is 1.44. The van der Waals surface area contributed by atoms with Gasteiger partial charge in [0.2, 0.25) is 5.95 Å². The van der Waals surface area contributed by atoms with Gasteiger partial charge in [-0.05, 0) is 32.8 Å². The van der Waals surface area contributed by atoms with Gasteiger partial charge in [0.25, 0.3) is 5.91 Å². The molecule has 0 radical (unpaired) electrons. The molecule has 1 amide bonds. The molecule has 0 saturated carbocycles. The van der Waals surface area contributed by atoms with Crippen molar-refractivity contribution in [2.45, 2.75) is 32.8 Å². The molecule has 19 heavy (non-hydrogen) atoms. The van der Waals surface area contributed by atoms with Crippen molar-refractivity contribution < 1.29 is 18.3 Å². The lowest BCUT2D eigenvalue weighted by molar-refractivity contribution is 0.0754. The molecule has 0 aliphatic carbocycles. The number of hydrogen-bond donors (Lipinski definition) is 1. The third kappa shape index (κ3) is 5.30. The Kier molecular flexibility index (Phi) is 6.35. The molecule has 1 heterocycles. The van der Waals surface area contributed by atoms with E-state index in [1.54, 1.807) is 0 Å². The largest absolute Gasteiger partial charge is 0.379 e. The normalized spacial score (nSPS) is 10.8. The van der Waals surface area contributed by atoms with Crippen molar-refractivity contribution in [2.24, 2.45) is 0 Å².